The Morgan fingerprint density at radius 3 is 2.74 bits per heavy atom. The number of carbonyl (C=O) groups excluding carboxylic acids is 2. The molecule has 0 radical (unpaired) electrons. The Bertz CT molecular complexity index is 1420. The predicted octanol–water partition coefficient (Wildman–Crippen LogP) is 2.20. The Hall–Kier alpha value is -4.49. The number of cyclic esters (lactones) is 1. The smallest absolute Gasteiger partial charge is 0.442 e. The van der Waals surface area contributed by atoms with Crippen LogP contribution in [0.2, 0.25) is 0 Å². The number of aromatic nitrogens is 4. The lowest BCUT2D eigenvalue weighted by atomic mass is 10.1. The standard InChI is InChI=1S/C22H20FN8O6P/c23-19-9-16(30-12-17(37-22(30)33)11-29-6-5-25-27-29)2-3-18(19)15-1-4-20(24-10-15)28-7-8-31(26-14-28)21(32)13-36-38(34)35/h1-6,9-10,14,17H,7-8,11-13H2/t17-/m0/s1. The largest absolute Gasteiger partial charge is 0.468 e. The number of amides is 2. The lowest BCUT2D eigenvalue weighted by molar-refractivity contribution is -0.133. The molecular weight excluding hydrogens is 522 g/mol. The van der Waals surface area contributed by atoms with Crippen molar-refractivity contribution in [2.45, 2.75) is 12.6 Å². The van der Waals surface area contributed by atoms with Gasteiger partial charge in [-0.3, -0.25) is 14.2 Å². The number of hydrogen-bond acceptors (Lipinski definition) is 11. The van der Waals surface area contributed by atoms with Crippen molar-refractivity contribution in [2.24, 2.45) is 5.10 Å². The molecule has 1 fully saturated rings. The van der Waals surface area contributed by atoms with Crippen molar-refractivity contribution in [2.75, 3.05) is 36.0 Å². The van der Waals surface area contributed by atoms with Gasteiger partial charge in [0.15, 0.2) is 0 Å². The molecule has 0 aliphatic carbocycles. The summed E-state index contributed by atoms with van der Waals surface area (Å²) in [6.45, 7) is 0.537. The van der Waals surface area contributed by atoms with Crippen LogP contribution in [0.25, 0.3) is 11.1 Å². The van der Waals surface area contributed by atoms with E-state index in [-0.39, 0.29) is 13.1 Å². The zero-order valence-electron chi connectivity index (χ0n) is 19.7. The van der Waals surface area contributed by atoms with E-state index in [1.807, 2.05) is 0 Å². The van der Waals surface area contributed by atoms with Gasteiger partial charge in [0, 0.05) is 30.1 Å². The Morgan fingerprint density at radius 2 is 2.08 bits per heavy atom. The first-order valence-electron chi connectivity index (χ1n) is 11.3. The van der Waals surface area contributed by atoms with Crippen LogP contribution in [0.3, 0.4) is 0 Å². The minimum atomic E-state index is -3.11. The first-order chi connectivity index (χ1) is 18.4. The number of hydrogen-bond donors (Lipinski definition) is 0. The summed E-state index contributed by atoms with van der Waals surface area (Å²) in [7, 11) is -3.11. The minimum Gasteiger partial charge on any atom is -0.442 e. The molecular formula is C22H20FN8O6P. The SMILES string of the molecule is O=C(COP(=O)=O)N1CCN(c2ccc(-c3ccc(N4C[C@H](Cn5ccnn5)OC4=O)cc3F)cn2)C=N1. The van der Waals surface area contributed by atoms with Gasteiger partial charge in [-0.25, -0.2) is 33.0 Å². The maximum absolute atomic E-state index is 15.1. The number of ether oxygens (including phenoxy) is 1. The minimum absolute atomic E-state index is 0.201. The number of pyridine rings is 1. The molecule has 196 valence electrons. The molecule has 38 heavy (non-hydrogen) atoms. The van der Waals surface area contributed by atoms with Crippen LogP contribution in [-0.4, -0.2) is 75.7 Å². The topological polar surface area (TPSA) is 152 Å². The van der Waals surface area contributed by atoms with E-state index >= 15 is 4.39 Å². The molecule has 2 aromatic heterocycles. The molecule has 1 atom stereocenters. The number of carbonyl (C=O) groups is 2. The highest BCUT2D eigenvalue weighted by Crippen LogP contribution is 2.30. The van der Waals surface area contributed by atoms with E-state index in [4.69, 9.17) is 4.74 Å². The van der Waals surface area contributed by atoms with Crippen molar-refractivity contribution in [3.8, 4) is 11.1 Å². The molecule has 0 saturated carbocycles. The summed E-state index contributed by atoms with van der Waals surface area (Å²) in [4.78, 5) is 31.7. The normalized spacial score (nSPS) is 17.1. The van der Waals surface area contributed by atoms with Gasteiger partial charge in [-0.1, -0.05) is 5.21 Å². The molecule has 4 heterocycles. The van der Waals surface area contributed by atoms with Gasteiger partial charge in [-0.15, -0.1) is 5.10 Å². The molecule has 14 nitrogen and oxygen atoms in total. The van der Waals surface area contributed by atoms with Crippen molar-refractivity contribution in [3.05, 3.63) is 54.7 Å². The summed E-state index contributed by atoms with van der Waals surface area (Å²) >= 11 is 0. The number of benzene rings is 1. The highest BCUT2D eigenvalue weighted by molar-refractivity contribution is 7.24. The van der Waals surface area contributed by atoms with Crippen LogP contribution in [0.4, 0.5) is 20.7 Å². The summed E-state index contributed by atoms with van der Waals surface area (Å²) in [5, 5.41) is 12.7. The fourth-order valence-electron chi connectivity index (χ4n) is 3.98. The third-order valence-corrected chi connectivity index (χ3v) is 6.16. The Morgan fingerprint density at radius 1 is 1.21 bits per heavy atom. The van der Waals surface area contributed by atoms with Gasteiger partial charge in [0.25, 0.3) is 5.91 Å². The van der Waals surface area contributed by atoms with E-state index in [2.05, 4.69) is 24.9 Å². The predicted molar refractivity (Wildman–Crippen MR) is 129 cm³/mol. The highest BCUT2D eigenvalue weighted by atomic mass is 31.1. The maximum Gasteiger partial charge on any atom is 0.468 e. The average molecular weight is 542 g/mol. The van der Waals surface area contributed by atoms with Crippen LogP contribution in [0.1, 0.15) is 0 Å². The number of rotatable bonds is 8. The van der Waals surface area contributed by atoms with Crippen molar-refractivity contribution < 1.29 is 32.4 Å². The van der Waals surface area contributed by atoms with Crippen LogP contribution in [0.5, 0.6) is 0 Å². The fraction of sp³-hybridized carbons (Fsp3) is 0.273. The zero-order valence-corrected chi connectivity index (χ0v) is 20.6. The second-order valence-electron chi connectivity index (χ2n) is 8.25. The number of hydrazone groups is 1. The summed E-state index contributed by atoms with van der Waals surface area (Å²) in [6.07, 6.45) is 5.09. The first-order valence-corrected chi connectivity index (χ1v) is 12.4. The van der Waals surface area contributed by atoms with Gasteiger partial charge in [0.1, 0.15) is 30.7 Å². The Balaban J connectivity index is 1.22. The van der Waals surface area contributed by atoms with Crippen molar-refractivity contribution in [1.82, 2.24) is 25.0 Å². The number of anilines is 2. The van der Waals surface area contributed by atoms with E-state index in [1.165, 1.54) is 29.7 Å². The van der Waals surface area contributed by atoms with Crippen molar-refractivity contribution in [1.29, 1.82) is 0 Å². The van der Waals surface area contributed by atoms with Gasteiger partial charge < -0.3 is 9.64 Å². The first kappa shape index (κ1) is 25.2. The molecule has 5 rings (SSSR count). The van der Waals surface area contributed by atoms with E-state index < -0.39 is 38.4 Å². The van der Waals surface area contributed by atoms with E-state index in [0.717, 1.165) is 5.01 Å². The monoisotopic (exact) mass is 542 g/mol. The van der Waals surface area contributed by atoms with Crippen LogP contribution < -0.4 is 9.80 Å². The molecule has 3 aromatic rings. The summed E-state index contributed by atoms with van der Waals surface area (Å²) < 4.78 is 47.2. The molecule has 0 unspecified atom stereocenters. The third-order valence-electron chi connectivity index (χ3n) is 5.82. The Labute approximate surface area is 215 Å². The van der Waals surface area contributed by atoms with Crippen LogP contribution in [0.15, 0.2) is 54.0 Å². The second kappa shape index (κ2) is 10.9. The summed E-state index contributed by atoms with van der Waals surface area (Å²) in [5.41, 5.74) is 1.21. The van der Waals surface area contributed by atoms with Crippen LogP contribution in [-0.2, 0) is 29.7 Å². The number of nitrogens with zero attached hydrogens (tertiary/aromatic N) is 8. The molecule has 2 aliphatic heterocycles. The van der Waals surface area contributed by atoms with Crippen LogP contribution in [0, 0.1) is 5.82 Å². The van der Waals surface area contributed by atoms with Gasteiger partial charge in [0.05, 0.1) is 31.5 Å². The molecule has 0 N–H and O–H groups in total. The molecule has 2 amide bonds. The van der Waals surface area contributed by atoms with E-state index in [0.29, 0.717) is 35.7 Å². The van der Waals surface area contributed by atoms with Gasteiger partial charge in [0.2, 0.25) is 0 Å². The molecule has 1 aromatic carbocycles. The fourth-order valence-corrected chi connectivity index (χ4v) is 4.19. The molecule has 2 aliphatic rings. The Kier molecular flexibility index (Phi) is 7.20. The van der Waals surface area contributed by atoms with E-state index in [1.54, 1.807) is 40.0 Å². The quantitative estimate of drug-likeness (QED) is 0.387. The summed E-state index contributed by atoms with van der Waals surface area (Å²) in [6, 6.07) is 7.87. The average Bonchev–Trinajstić information content (AvgIpc) is 3.57. The van der Waals surface area contributed by atoms with Crippen molar-refractivity contribution in [3.63, 3.8) is 0 Å². The van der Waals surface area contributed by atoms with E-state index in [9.17, 15) is 18.7 Å². The lowest BCUT2D eigenvalue weighted by Gasteiger charge is -2.27. The third kappa shape index (κ3) is 5.58. The van der Waals surface area contributed by atoms with Gasteiger partial charge >= 0.3 is 14.0 Å². The molecule has 1 saturated heterocycles. The maximum atomic E-state index is 15.1. The highest BCUT2D eigenvalue weighted by Gasteiger charge is 2.33. The van der Waals surface area contributed by atoms with Crippen LogP contribution >= 0.6 is 7.91 Å². The van der Waals surface area contributed by atoms with Gasteiger partial charge in [-0.05, 0) is 30.3 Å². The molecule has 0 spiro atoms. The second-order valence-corrected chi connectivity index (χ2v) is 8.95. The molecule has 0 bridgehead atoms. The number of halogens is 1. The summed E-state index contributed by atoms with van der Waals surface area (Å²) in [5.74, 6) is -0.589. The van der Waals surface area contributed by atoms with Crippen molar-refractivity contribution >= 4 is 37.8 Å². The molecule has 16 heteroatoms. The zero-order chi connectivity index (χ0) is 26.6. The van der Waals surface area contributed by atoms with Gasteiger partial charge in [-0.2, -0.15) is 5.10 Å². The lowest BCUT2D eigenvalue weighted by Crippen LogP contribution is -2.42.